The minimum Gasteiger partial charge on any atom is -0.462 e. The Hall–Kier alpha value is -2.18. The largest absolute Gasteiger partial charge is 0.462 e. The number of esters is 1. The summed E-state index contributed by atoms with van der Waals surface area (Å²) in [6, 6.07) is -0.707. The van der Waals surface area contributed by atoms with Crippen molar-refractivity contribution in [1.29, 1.82) is 0 Å². The zero-order valence-corrected chi connectivity index (χ0v) is 47.6. The van der Waals surface area contributed by atoms with Crippen molar-refractivity contribution in [1.82, 2.24) is 5.32 Å². The first kappa shape index (κ1) is 68.8. The maximum Gasteiger partial charge on any atom is 0.306 e. The molecule has 3 N–H and O–H groups in total. The van der Waals surface area contributed by atoms with Crippen LogP contribution < -0.4 is 5.32 Å². The lowest BCUT2D eigenvalue weighted by Crippen LogP contribution is -2.46. The molecule has 0 aliphatic carbocycles. The molecular weight excluding hydrogens is 875 g/mol. The SMILES string of the molecule is CCCCC/C=C/C=C/C=C/C=C/CCCCCCCC(=O)OC(CCCCCCCCCCCCCCCCCCC)CC(=O)NC(CO)C(O)CCCCCCCCCCCCCCCCCCC. The zero-order chi connectivity index (χ0) is 51.6. The van der Waals surface area contributed by atoms with Gasteiger partial charge in [0.2, 0.25) is 5.91 Å². The van der Waals surface area contributed by atoms with E-state index in [1.807, 2.05) is 0 Å². The number of rotatable bonds is 57. The van der Waals surface area contributed by atoms with E-state index in [1.54, 1.807) is 0 Å². The second kappa shape index (κ2) is 58.7. The van der Waals surface area contributed by atoms with Crippen LogP contribution >= 0.6 is 0 Å². The molecule has 0 aliphatic rings. The quantitative estimate of drug-likeness (QED) is 0.0321. The third-order valence-corrected chi connectivity index (χ3v) is 14.5. The number of nitrogens with one attached hydrogen (secondary N) is 1. The first-order valence-electron chi connectivity index (χ1n) is 31.4. The maximum atomic E-state index is 13.3. The molecule has 6 nitrogen and oxygen atoms in total. The van der Waals surface area contributed by atoms with Gasteiger partial charge < -0.3 is 20.3 Å². The Balaban J connectivity index is 4.56. The van der Waals surface area contributed by atoms with Crippen LogP contribution in [0.25, 0.3) is 0 Å². The van der Waals surface area contributed by atoms with Gasteiger partial charge in [0, 0.05) is 6.42 Å². The van der Waals surface area contributed by atoms with E-state index in [0.29, 0.717) is 19.3 Å². The molecule has 0 aliphatic heterocycles. The van der Waals surface area contributed by atoms with Gasteiger partial charge in [0.1, 0.15) is 6.10 Å². The molecule has 0 fully saturated rings. The molecule has 0 aromatic heterocycles. The molecule has 1 amide bonds. The molecule has 0 aromatic rings. The number of carbonyl (C=O) groups excluding carboxylic acids is 2. The number of aliphatic hydroxyl groups excluding tert-OH is 2. The molecule has 6 heteroatoms. The van der Waals surface area contributed by atoms with Crippen molar-refractivity contribution in [2.24, 2.45) is 0 Å². The average molecular weight is 997 g/mol. The summed E-state index contributed by atoms with van der Waals surface area (Å²) in [4.78, 5) is 26.4. The topological polar surface area (TPSA) is 95.9 Å². The summed E-state index contributed by atoms with van der Waals surface area (Å²) in [5.74, 6) is -0.482. The van der Waals surface area contributed by atoms with Crippen molar-refractivity contribution in [3.05, 3.63) is 48.6 Å². The molecule has 3 unspecified atom stereocenters. The molecule has 0 saturated heterocycles. The molecule has 3 atom stereocenters. The van der Waals surface area contributed by atoms with Crippen LogP contribution in [0, 0.1) is 0 Å². The smallest absolute Gasteiger partial charge is 0.306 e. The highest BCUT2D eigenvalue weighted by Gasteiger charge is 2.24. The van der Waals surface area contributed by atoms with E-state index in [1.165, 1.54) is 212 Å². The van der Waals surface area contributed by atoms with Crippen LogP contribution in [-0.4, -0.2) is 46.9 Å². The molecule has 0 bridgehead atoms. The molecule has 0 aromatic carbocycles. The number of ether oxygens (including phenoxy) is 1. The van der Waals surface area contributed by atoms with Crippen molar-refractivity contribution in [3.8, 4) is 0 Å². The number of aliphatic hydroxyl groups is 2. The van der Waals surface area contributed by atoms with E-state index in [2.05, 4.69) is 74.7 Å². The second-order valence-electron chi connectivity index (χ2n) is 21.6. The highest BCUT2D eigenvalue weighted by molar-refractivity contribution is 5.77. The minimum absolute atomic E-state index is 0.0715. The first-order chi connectivity index (χ1) is 35.0. The summed E-state index contributed by atoms with van der Waals surface area (Å²) in [5.41, 5.74) is 0. The Bertz CT molecular complexity index is 1210. The van der Waals surface area contributed by atoms with E-state index < -0.39 is 18.2 Å². The van der Waals surface area contributed by atoms with E-state index >= 15 is 0 Å². The number of allylic oxidation sites excluding steroid dienone is 8. The van der Waals surface area contributed by atoms with E-state index in [9.17, 15) is 19.8 Å². The van der Waals surface area contributed by atoms with Crippen molar-refractivity contribution in [2.75, 3.05) is 6.61 Å². The van der Waals surface area contributed by atoms with Gasteiger partial charge in [-0.3, -0.25) is 9.59 Å². The van der Waals surface area contributed by atoms with Crippen molar-refractivity contribution >= 4 is 11.9 Å². The first-order valence-corrected chi connectivity index (χ1v) is 31.4. The van der Waals surface area contributed by atoms with Crippen LogP contribution in [0.1, 0.15) is 329 Å². The van der Waals surface area contributed by atoms with Crippen molar-refractivity contribution in [2.45, 2.75) is 347 Å². The standard InChI is InChI=1S/C65H121NO5/c1-4-7-10-13-16-19-22-25-28-31-34-37-40-43-46-49-52-55-58-65(70)71-61(56-53-50-47-44-41-38-35-32-29-26-23-20-17-14-11-8-5-2)59-64(69)66-62(60-67)63(68)57-54-51-48-45-42-39-36-33-30-27-24-21-18-15-12-9-6-3/h16,19,22,25,28,31,34,37,61-63,67-68H,4-15,17-18,20-21,23-24,26-27,29-30,32-33,35-36,38-60H2,1-3H3,(H,66,69)/b19-16+,25-22+,31-28+,37-34+. The summed E-state index contributed by atoms with van der Waals surface area (Å²) in [5, 5.41) is 24.0. The van der Waals surface area contributed by atoms with Crippen molar-refractivity contribution in [3.63, 3.8) is 0 Å². The fourth-order valence-corrected chi connectivity index (χ4v) is 9.74. The van der Waals surface area contributed by atoms with Gasteiger partial charge in [0.05, 0.1) is 25.2 Å². The maximum absolute atomic E-state index is 13.3. The molecule has 416 valence electrons. The third kappa shape index (κ3) is 53.9. The fourth-order valence-electron chi connectivity index (χ4n) is 9.74. The van der Waals surface area contributed by atoms with Gasteiger partial charge in [-0.25, -0.2) is 0 Å². The lowest BCUT2D eigenvalue weighted by molar-refractivity contribution is -0.151. The Morgan fingerprint density at radius 1 is 0.408 bits per heavy atom. The molecule has 0 saturated carbocycles. The van der Waals surface area contributed by atoms with Crippen LogP contribution in [0.15, 0.2) is 48.6 Å². The second-order valence-corrected chi connectivity index (χ2v) is 21.6. The monoisotopic (exact) mass is 996 g/mol. The van der Waals surface area contributed by atoms with Gasteiger partial charge in [-0.1, -0.05) is 313 Å². The van der Waals surface area contributed by atoms with E-state index in [4.69, 9.17) is 4.74 Å². The zero-order valence-electron chi connectivity index (χ0n) is 47.6. The normalized spacial score (nSPS) is 13.4. The molecule has 0 rings (SSSR count). The lowest BCUT2D eigenvalue weighted by Gasteiger charge is -2.24. The van der Waals surface area contributed by atoms with Crippen LogP contribution in [0.2, 0.25) is 0 Å². The predicted molar refractivity (Wildman–Crippen MR) is 310 cm³/mol. The molecule has 71 heavy (non-hydrogen) atoms. The summed E-state index contributed by atoms with van der Waals surface area (Å²) in [6.07, 6.45) is 73.2. The minimum atomic E-state index is -0.793. The Kier molecular flexibility index (Phi) is 56.9. The fraction of sp³-hybridized carbons (Fsp3) is 0.846. The van der Waals surface area contributed by atoms with Gasteiger partial charge in [-0.2, -0.15) is 0 Å². The highest BCUT2D eigenvalue weighted by atomic mass is 16.5. The predicted octanol–water partition coefficient (Wildman–Crippen LogP) is 19.7. The van der Waals surface area contributed by atoms with Gasteiger partial charge in [-0.05, 0) is 51.4 Å². The van der Waals surface area contributed by atoms with Gasteiger partial charge in [0.25, 0.3) is 0 Å². The Morgan fingerprint density at radius 2 is 0.718 bits per heavy atom. The molecule has 0 spiro atoms. The van der Waals surface area contributed by atoms with Crippen molar-refractivity contribution < 1.29 is 24.5 Å². The van der Waals surface area contributed by atoms with Gasteiger partial charge >= 0.3 is 5.97 Å². The highest BCUT2D eigenvalue weighted by Crippen LogP contribution is 2.19. The average Bonchev–Trinajstić information content (AvgIpc) is 3.36. The third-order valence-electron chi connectivity index (χ3n) is 14.5. The van der Waals surface area contributed by atoms with E-state index in [-0.39, 0.29) is 24.9 Å². The van der Waals surface area contributed by atoms with E-state index in [0.717, 1.165) is 70.6 Å². The van der Waals surface area contributed by atoms with Crippen LogP contribution in [0.3, 0.4) is 0 Å². The number of amides is 1. The number of hydrogen-bond acceptors (Lipinski definition) is 5. The summed E-state index contributed by atoms with van der Waals surface area (Å²) < 4.78 is 5.98. The summed E-state index contributed by atoms with van der Waals surface area (Å²) in [7, 11) is 0. The Morgan fingerprint density at radius 3 is 1.11 bits per heavy atom. The molecule has 0 radical (unpaired) electrons. The molecule has 0 heterocycles. The summed E-state index contributed by atoms with van der Waals surface area (Å²) >= 11 is 0. The number of unbranched alkanes of at least 4 members (excludes halogenated alkanes) is 40. The number of hydrogen-bond donors (Lipinski definition) is 3. The van der Waals surface area contributed by atoms with Gasteiger partial charge in [0.15, 0.2) is 0 Å². The lowest BCUT2D eigenvalue weighted by atomic mass is 10.0. The molecular formula is C65H121NO5. The Labute approximate surface area is 442 Å². The summed E-state index contributed by atoms with van der Waals surface area (Å²) in [6.45, 7) is 6.49. The van der Waals surface area contributed by atoms with Crippen LogP contribution in [0.5, 0.6) is 0 Å². The number of carbonyl (C=O) groups is 2. The van der Waals surface area contributed by atoms with Gasteiger partial charge in [-0.15, -0.1) is 0 Å². The van der Waals surface area contributed by atoms with Crippen LogP contribution in [0.4, 0.5) is 0 Å². The van der Waals surface area contributed by atoms with Crippen LogP contribution in [-0.2, 0) is 14.3 Å².